The van der Waals surface area contributed by atoms with Crippen molar-refractivity contribution >= 4 is 18.3 Å². The summed E-state index contributed by atoms with van der Waals surface area (Å²) in [5.41, 5.74) is 1.66. The summed E-state index contributed by atoms with van der Waals surface area (Å²) in [6.07, 6.45) is 5.48. The van der Waals surface area contributed by atoms with Crippen molar-refractivity contribution in [3.8, 4) is 0 Å². The summed E-state index contributed by atoms with van der Waals surface area (Å²) < 4.78 is 7.44. The molecule has 1 aliphatic heterocycles. The van der Waals surface area contributed by atoms with E-state index in [4.69, 9.17) is 4.74 Å². The third-order valence-corrected chi connectivity index (χ3v) is 4.55. The van der Waals surface area contributed by atoms with Gasteiger partial charge in [-0.25, -0.2) is 4.68 Å². The molecule has 1 aliphatic rings. The molecule has 2 N–H and O–H groups in total. The number of halogens is 1. The average molecular weight is 394 g/mol. The molecule has 148 valence electrons. The van der Waals surface area contributed by atoms with Crippen LogP contribution in [0.3, 0.4) is 0 Å². The summed E-state index contributed by atoms with van der Waals surface area (Å²) >= 11 is 0. The zero-order valence-corrected chi connectivity index (χ0v) is 16.3. The highest BCUT2D eigenvalue weighted by atomic mass is 35.5. The van der Waals surface area contributed by atoms with Crippen molar-refractivity contribution in [2.75, 3.05) is 32.8 Å². The number of hydrogen-bond donors (Lipinski definition) is 2. The molecule has 1 aromatic heterocycles. The molecule has 1 fully saturated rings. The fourth-order valence-corrected chi connectivity index (χ4v) is 3.03. The molecule has 1 amide bonds. The smallest absolute Gasteiger partial charge is 0.273 e. The molecule has 2 heterocycles. The SMILES string of the molecule is Cl.O=C(NCCCOCCc1ccccc1)c1cn(C2CCNCC2)nn1. The third kappa shape index (κ3) is 6.93. The molecular weight excluding hydrogens is 366 g/mol. The van der Waals surface area contributed by atoms with E-state index in [0.717, 1.165) is 38.8 Å². The first-order valence-electron chi connectivity index (χ1n) is 9.35. The quantitative estimate of drug-likeness (QED) is 0.637. The van der Waals surface area contributed by atoms with Crippen molar-refractivity contribution in [1.29, 1.82) is 0 Å². The number of ether oxygens (including phenoxy) is 1. The normalized spacial score (nSPS) is 14.5. The summed E-state index contributed by atoms with van der Waals surface area (Å²) in [7, 11) is 0. The molecule has 0 radical (unpaired) electrons. The molecule has 27 heavy (non-hydrogen) atoms. The largest absolute Gasteiger partial charge is 0.381 e. The number of rotatable bonds is 9. The van der Waals surface area contributed by atoms with Crippen LogP contribution in [0.1, 0.15) is 41.4 Å². The second-order valence-electron chi connectivity index (χ2n) is 6.52. The Morgan fingerprint density at radius 1 is 1.22 bits per heavy atom. The van der Waals surface area contributed by atoms with Crippen LogP contribution in [0.25, 0.3) is 0 Å². The topological polar surface area (TPSA) is 81.1 Å². The van der Waals surface area contributed by atoms with Crippen LogP contribution in [-0.4, -0.2) is 53.7 Å². The van der Waals surface area contributed by atoms with E-state index in [0.29, 0.717) is 31.5 Å². The fraction of sp³-hybridized carbons (Fsp3) is 0.526. The van der Waals surface area contributed by atoms with Gasteiger partial charge in [-0.1, -0.05) is 35.5 Å². The molecule has 1 aromatic carbocycles. The van der Waals surface area contributed by atoms with Gasteiger partial charge >= 0.3 is 0 Å². The lowest BCUT2D eigenvalue weighted by Gasteiger charge is -2.22. The van der Waals surface area contributed by atoms with E-state index in [1.54, 1.807) is 6.20 Å². The first-order valence-corrected chi connectivity index (χ1v) is 9.35. The number of amides is 1. The number of benzene rings is 1. The number of carbonyl (C=O) groups is 1. The van der Waals surface area contributed by atoms with E-state index >= 15 is 0 Å². The molecule has 0 spiro atoms. The highest BCUT2D eigenvalue weighted by Crippen LogP contribution is 2.16. The molecule has 7 nitrogen and oxygen atoms in total. The first-order chi connectivity index (χ1) is 12.8. The molecule has 0 bridgehead atoms. The van der Waals surface area contributed by atoms with Crippen molar-refractivity contribution in [2.45, 2.75) is 31.7 Å². The van der Waals surface area contributed by atoms with Crippen molar-refractivity contribution in [3.05, 3.63) is 47.8 Å². The lowest BCUT2D eigenvalue weighted by atomic mass is 10.1. The molecule has 0 atom stereocenters. The Kier molecular flexibility index (Phi) is 9.24. The predicted octanol–water partition coefficient (Wildman–Crippen LogP) is 2.00. The van der Waals surface area contributed by atoms with Gasteiger partial charge in [-0.15, -0.1) is 17.5 Å². The van der Waals surface area contributed by atoms with Gasteiger partial charge in [-0.05, 0) is 44.3 Å². The van der Waals surface area contributed by atoms with Crippen LogP contribution in [0, 0.1) is 0 Å². The minimum atomic E-state index is -0.172. The maximum atomic E-state index is 12.1. The van der Waals surface area contributed by atoms with Gasteiger partial charge in [0.25, 0.3) is 5.91 Å². The third-order valence-electron chi connectivity index (χ3n) is 4.55. The summed E-state index contributed by atoms with van der Waals surface area (Å²) in [5.74, 6) is -0.172. The van der Waals surface area contributed by atoms with Crippen LogP contribution in [0.5, 0.6) is 0 Å². The van der Waals surface area contributed by atoms with Crippen LogP contribution >= 0.6 is 12.4 Å². The van der Waals surface area contributed by atoms with Gasteiger partial charge in [0, 0.05) is 13.2 Å². The molecule has 0 unspecified atom stereocenters. The molecule has 3 rings (SSSR count). The number of piperidine rings is 1. The summed E-state index contributed by atoms with van der Waals surface area (Å²) in [5, 5.41) is 14.3. The minimum absolute atomic E-state index is 0. The van der Waals surface area contributed by atoms with E-state index < -0.39 is 0 Å². The molecular formula is C19H28ClN5O2. The second kappa shape index (κ2) is 11.7. The highest BCUT2D eigenvalue weighted by Gasteiger charge is 2.18. The number of nitrogens with one attached hydrogen (secondary N) is 2. The Hall–Kier alpha value is -1.96. The van der Waals surface area contributed by atoms with Crippen LogP contribution in [-0.2, 0) is 11.2 Å². The summed E-state index contributed by atoms with van der Waals surface area (Å²) in [6, 6.07) is 10.6. The Bertz CT molecular complexity index is 674. The standard InChI is InChI=1S/C19H27N5O2.ClH/c25-19(18-15-24(23-22-18)17-7-11-20-12-8-17)21-10-4-13-26-14-9-16-5-2-1-3-6-16;/h1-3,5-6,15,17,20H,4,7-14H2,(H,21,25);1H. The molecule has 0 saturated carbocycles. The van der Waals surface area contributed by atoms with Gasteiger partial charge in [-0.3, -0.25) is 4.79 Å². The summed E-state index contributed by atoms with van der Waals surface area (Å²) in [6.45, 7) is 3.87. The van der Waals surface area contributed by atoms with Crippen LogP contribution in [0.15, 0.2) is 36.5 Å². The zero-order chi connectivity index (χ0) is 18.0. The van der Waals surface area contributed by atoms with Gasteiger partial charge in [0.15, 0.2) is 5.69 Å². The zero-order valence-electron chi connectivity index (χ0n) is 15.5. The molecule has 8 heteroatoms. The van der Waals surface area contributed by atoms with E-state index in [-0.39, 0.29) is 18.3 Å². The number of carbonyl (C=O) groups excluding carboxylic acids is 1. The minimum Gasteiger partial charge on any atom is -0.381 e. The Labute approximate surface area is 166 Å². The van der Waals surface area contributed by atoms with Gasteiger partial charge in [-0.2, -0.15) is 0 Å². The summed E-state index contributed by atoms with van der Waals surface area (Å²) in [4.78, 5) is 12.1. The van der Waals surface area contributed by atoms with E-state index in [1.807, 2.05) is 22.9 Å². The van der Waals surface area contributed by atoms with Crippen molar-refractivity contribution in [2.24, 2.45) is 0 Å². The first kappa shape index (κ1) is 21.3. The number of nitrogens with zero attached hydrogens (tertiary/aromatic N) is 3. The second-order valence-corrected chi connectivity index (χ2v) is 6.52. The lowest BCUT2D eigenvalue weighted by molar-refractivity contribution is 0.0937. The number of aromatic nitrogens is 3. The number of hydrogen-bond acceptors (Lipinski definition) is 5. The maximum Gasteiger partial charge on any atom is 0.273 e. The fourth-order valence-electron chi connectivity index (χ4n) is 3.03. The van der Waals surface area contributed by atoms with Crippen LogP contribution in [0.2, 0.25) is 0 Å². The van der Waals surface area contributed by atoms with E-state index in [9.17, 15) is 4.79 Å². The van der Waals surface area contributed by atoms with E-state index in [1.165, 1.54) is 5.56 Å². The lowest BCUT2D eigenvalue weighted by Crippen LogP contribution is -2.29. The van der Waals surface area contributed by atoms with E-state index in [2.05, 4.69) is 33.1 Å². The average Bonchev–Trinajstić information content (AvgIpc) is 3.19. The highest BCUT2D eigenvalue weighted by molar-refractivity contribution is 5.91. The maximum absolute atomic E-state index is 12.1. The van der Waals surface area contributed by atoms with Gasteiger partial charge < -0.3 is 15.4 Å². The molecule has 0 aliphatic carbocycles. The van der Waals surface area contributed by atoms with Gasteiger partial charge in [0.05, 0.1) is 18.8 Å². The van der Waals surface area contributed by atoms with Crippen LogP contribution in [0.4, 0.5) is 0 Å². The van der Waals surface area contributed by atoms with Crippen LogP contribution < -0.4 is 10.6 Å². The van der Waals surface area contributed by atoms with Gasteiger partial charge in [0.1, 0.15) is 0 Å². The molecule has 1 saturated heterocycles. The monoisotopic (exact) mass is 393 g/mol. The van der Waals surface area contributed by atoms with Gasteiger partial charge in [0.2, 0.25) is 0 Å². The Morgan fingerprint density at radius 2 is 2.00 bits per heavy atom. The predicted molar refractivity (Wildman–Crippen MR) is 106 cm³/mol. The van der Waals surface area contributed by atoms with Crippen molar-refractivity contribution in [1.82, 2.24) is 25.6 Å². The van der Waals surface area contributed by atoms with Crippen molar-refractivity contribution < 1.29 is 9.53 Å². The molecule has 2 aromatic rings. The Balaban J connectivity index is 0.00000261. The van der Waals surface area contributed by atoms with Crippen molar-refractivity contribution in [3.63, 3.8) is 0 Å². The Morgan fingerprint density at radius 3 is 2.78 bits per heavy atom.